The van der Waals surface area contributed by atoms with E-state index < -0.39 is 18.4 Å². The fourth-order valence-electron chi connectivity index (χ4n) is 2.06. The Bertz CT molecular complexity index is 854. The van der Waals surface area contributed by atoms with E-state index in [9.17, 15) is 9.59 Å². The molecule has 0 fully saturated rings. The van der Waals surface area contributed by atoms with Gasteiger partial charge in [0.25, 0.3) is 5.91 Å². The quantitative estimate of drug-likeness (QED) is 0.756. The lowest BCUT2D eigenvalue weighted by atomic mass is 10.2. The summed E-state index contributed by atoms with van der Waals surface area (Å²) in [5, 5.41) is 11.5. The molecule has 0 aliphatic rings. The number of furan rings is 1. The minimum atomic E-state index is -1.12. The number of rotatable bonds is 5. The summed E-state index contributed by atoms with van der Waals surface area (Å²) in [5.74, 6) is -0.322. The van der Waals surface area contributed by atoms with Crippen molar-refractivity contribution in [3.05, 3.63) is 60.4 Å². The molecule has 6 heteroatoms. The molecule has 6 nitrogen and oxygen atoms in total. The molecule has 0 aliphatic heterocycles. The van der Waals surface area contributed by atoms with Crippen molar-refractivity contribution in [3.63, 3.8) is 0 Å². The van der Waals surface area contributed by atoms with Crippen molar-refractivity contribution in [1.29, 1.82) is 0 Å². The van der Waals surface area contributed by atoms with Gasteiger partial charge in [-0.1, -0.05) is 18.2 Å². The van der Waals surface area contributed by atoms with Gasteiger partial charge >= 0.3 is 5.97 Å². The first-order valence-corrected chi connectivity index (χ1v) is 6.88. The Morgan fingerprint density at radius 1 is 1.04 bits per heavy atom. The van der Waals surface area contributed by atoms with Gasteiger partial charge in [0.1, 0.15) is 23.6 Å². The fraction of sp³-hybridized carbons (Fsp3) is 0.0588. The van der Waals surface area contributed by atoms with Gasteiger partial charge in [-0.2, -0.15) is 0 Å². The average Bonchev–Trinajstić information content (AvgIpc) is 2.97. The number of para-hydroxylation sites is 1. The summed E-state index contributed by atoms with van der Waals surface area (Å²) in [5.41, 5.74) is 0.519. The van der Waals surface area contributed by atoms with E-state index in [0.717, 1.165) is 0 Å². The summed E-state index contributed by atoms with van der Waals surface area (Å²) in [6, 6.07) is 16.0. The van der Waals surface area contributed by atoms with Crippen LogP contribution in [-0.2, 0) is 4.79 Å². The Balaban J connectivity index is 1.80. The van der Waals surface area contributed by atoms with Crippen LogP contribution < -0.4 is 10.1 Å². The summed E-state index contributed by atoms with van der Waals surface area (Å²) in [6.07, 6.45) is 0. The number of carboxylic acid groups (broad SMARTS) is 1. The number of carbonyl (C=O) groups is 2. The maximum atomic E-state index is 11.8. The van der Waals surface area contributed by atoms with Crippen LogP contribution in [0.25, 0.3) is 11.0 Å². The highest BCUT2D eigenvalue weighted by Crippen LogP contribution is 2.27. The first-order chi connectivity index (χ1) is 11.1. The average molecular weight is 311 g/mol. The zero-order valence-electron chi connectivity index (χ0n) is 12.0. The van der Waals surface area contributed by atoms with Gasteiger partial charge in [0, 0.05) is 5.39 Å². The van der Waals surface area contributed by atoms with E-state index in [4.69, 9.17) is 14.3 Å². The number of benzene rings is 2. The molecule has 116 valence electrons. The van der Waals surface area contributed by atoms with Crippen LogP contribution in [0, 0.1) is 0 Å². The molecule has 2 aromatic carbocycles. The van der Waals surface area contributed by atoms with Gasteiger partial charge in [0.05, 0.1) is 0 Å². The second kappa shape index (κ2) is 6.23. The smallest absolute Gasteiger partial charge is 0.322 e. The summed E-state index contributed by atoms with van der Waals surface area (Å²) < 4.78 is 11.1. The van der Waals surface area contributed by atoms with Crippen LogP contribution in [-0.4, -0.2) is 23.5 Å². The van der Waals surface area contributed by atoms with Gasteiger partial charge in [-0.3, -0.25) is 9.59 Å². The molecular weight excluding hydrogens is 298 g/mol. The molecule has 0 aliphatic carbocycles. The molecule has 0 saturated heterocycles. The number of hydrogen-bond donors (Lipinski definition) is 2. The number of amides is 1. The Kier molecular flexibility index (Phi) is 3.97. The third-order valence-corrected chi connectivity index (χ3v) is 3.09. The van der Waals surface area contributed by atoms with Crippen LogP contribution in [0.5, 0.6) is 11.5 Å². The van der Waals surface area contributed by atoms with Crippen molar-refractivity contribution in [1.82, 2.24) is 5.32 Å². The lowest BCUT2D eigenvalue weighted by Gasteiger charge is -2.04. The largest absolute Gasteiger partial charge is 0.480 e. The third kappa shape index (κ3) is 3.49. The van der Waals surface area contributed by atoms with Gasteiger partial charge in [0.2, 0.25) is 0 Å². The third-order valence-electron chi connectivity index (χ3n) is 3.09. The molecule has 1 aromatic heterocycles. The van der Waals surface area contributed by atoms with Crippen LogP contribution in [0.1, 0.15) is 10.6 Å². The number of carbonyl (C=O) groups excluding carboxylic acids is 1. The molecule has 0 spiro atoms. The second-order valence-electron chi connectivity index (χ2n) is 4.80. The summed E-state index contributed by atoms with van der Waals surface area (Å²) in [7, 11) is 0. The van der Waals surface area contributed by atoms with E-state index in [0.29, 0.717) is 22.5 Å². The molecule has 0 atom stereocenters. The molecule has 1 amide bonds. The van der Waals surface area contributed by atoms with E-state index >= 15 is 0 Å². The SMILES string of the molecule is O=C(O)CNC(=O)c1cc2cc(Oc3ccccc3)ccc2o1. The molecule has 2 N–H and O–H groups in total. The van der Waals surface area contributed by atoms with Crippen molar-refractivity contribution < 1.29 is 23.8 Å². The maximum absolute atomic E-state index is 11.8. The van der Waals surface area contributed by atoms with Crippen molar-refractivity contribution in [2.75, 3.05) is 6.54 Å². The van der Waals surface area contributed by atoms with Crippen molar-refractivity contribution >= 4 is 22.8 Å². The van der Waals surface area contributed by atoms with E-state index in [2.05, 4.69) is 5.32 Å². The standard InChI is InChI=1S/C17H13NO5/c19-16(20)10-18-17(21)15-9-11-8-13(6-7-14(11)23-15)22-12-4-2-1-3-5-12/h1-9H,10H2,(H,18,21)(H,19,20). The van der Waals surface area contributed by atoms with Crippen molar-refractivity contribution in [2.24, 2.45) is 0 Å². The summed E-state index contributed by atoms with van der Waals surface area (Å²) >= 11 is 0. The molecule has 0 saturated carbocycles. The minimum Gasteiger partial charge on any atom is -0.480 e. The van der Waals surface area contributed by atoms with E-state index in [1.807, 2.05) is 30.3 Å². The second-order valence-corrected chi connectivity index (χ2v) is 4.80. The van der Waals surface area contributed by atoms with Crippen LogP contribution in [0.15, 0.2) is 59.0 Å². The number of carboxylic acids is 1. The molecule has 3 aromatic rings. The Morgan fingerprint density at radius 3 is 2.57 bits per heavy atom. The van der Waals surface area contributed by atoms with Gasteiger partial charge in [-0.15, -0.1) is 0 Å². The maximum Gasteiger partial charge on any atom is 0.322 e. The Labute approximate surface area is 131 Å². The number of nitrogens with one attached hydrogen (secondary N) is 1. The highest BCUT2D eigenvalue weighted by Gasteiger charge is 2.13. The number of fused-ring (bicyclic) bond motifs is 1. The van der Waals surface area contributed by atoms with Crippen LogP contribution in [0.2, 0.25) is 0 Å². The van der Waals surface area contributed by atoms with E-state index in [1.54, 1.807) is 24.3 Å². The monoisotopic (exact) mass is 311 g/mol. The highest BCUT2D eigenvalue weighted by atomic mass is 16.5. The minimum absolute atomic E-state index is 0.0538. The first kappa shape index (κ1) is 14.6. The van der Waals surface area contributed by atoms with E-state index in [-0.39, 0.29) is 5.76 Å². The van der Waals surface area contributed by atoms with Crippen molar-refractivity contribution in [2.45, 2.75) is 0 Å². The first-order valence-electron chi connectivity index (χ1n) is 6.88. The zero-order chi connectivity index (χ0) is 16.2. The number of aliphatic carboxylic acids is 1. The topological polar surface area (TPSA) is 88.8 Å². The molecular formula is C17H13NO5. The molecule has 0 radical (unpaired) electrons. The molecule has 0 unspecified atom stereocenters. The lowest BCUT2D eigenvalue weighted by Crippen LogP contribution is -2.28. The Morgan fingerprint density at radius 2 is 1.83 bits per heavy atom. The molecule has 3 rings (SSSR count). The number of hydrogen-bond acceptors (Lipinski definition) is 4. The van der Waals surface area contributed by atoms with Crippen LogP contribution in [0.3, 0.4) is 0 Å². The van der Waals surface area contributed by atoms with Gasteiger partial charge in [-0.25, -0.2) is 0 Å². The van der Waals surface area contributed by atoms with Crippen LogP contribution in [0.4, 0.5) is 0 Å². The number of ether oxygens (including phenoxy) is 1. The van der Waals surface area contributed by atoms with Crippen LogP contribution >= 0.6 is 0 Å². The van der Waals surface area contributed by atoms with Gasteiger partial charge in [0.15, 0.2) is 5.76 Å². The predicted octanol–water partition coefficient (Wildman–Crippen LogP) is 3.04. The Hall–Kier alpha value is -3.28. The predicted molar refractivity (Wildman–Crippen MR) is 82.7 cm³/mol. The fourth-order valence-corrected chi connectivity index (χ4v) is 2.06. The lowest BCUT2D eigenvalue weighted by molar-refractivity contribution is -0.135. The molecule has 1 heterocycles. The summed E-state index contributed by atoms with van der Waals surface area (Å²) in [4.78, 5) is 22.3. The van der Waals surface area contributed by atoms with Gasteiger partial charge < -0.3 is 19.6 Å². The molecule has 0 bridgehead atoms. The highest BCUT2D eigenvalue weighted by molar-refractivity contribution is 5.97. The van der Waals surface area contributed by atoms with Crippen molar-refractivity contribution in [3.8, 4) is 11.5 Å². The zero-order valence-corrected chi connectivity index (χ0v) is 12.0. The van der Waals surface area contributed by atoms with Gasteiger partial charge in [-0.05, 0) is 36.4 Å². The normalized spacial score (nSPS) is 10.4. The summed E-state index contributed by atoms with van der Waals surface area (Å²) in [6.45, 7) is -0.460. The molecule has 23 heavy (non-hydrogen) atoms. The van der Waals surface area contributed by atoms with E-state index in [1.165, 1.54) is 0 Å².